The van der Waals surface area contributed by atoms with Crippen LogP contribution in [0.5, 0.6) is 0 Å². The van der Waals surface area contributed by atoms with E-state index in [-0.39, 0.29) is 12.5 Å². The highest BCUT2D eigenvalue weighted by atomic mass is 16.5. The molecule has 19 heavy (non-hydrogen) atoms. The number of hydrogen-bond donors (Lipinski definition) is 2. The minimum atomic E-state index is -0.522. The summed E-state index contributed by atoms with van der Waals surface area (Å²) in [4.78, 5) is 23.3. The van der Waals surface area contributed by atoms with Gasteiger partial charge in [0.1, 0.15) is 0 Å². The van der Waals surface area contributed by atoms with Crippen molar-refractivity contribution >= 4 is 17.6 Å². The van der Waals surface area contributed by atoms with Crippen molar-refractivity contribution in [3.63, 3.8) is 0 Å². The molecular weight excluding hydrogens is 244 g/mol. The Kier molecular flexibility index (Phi) is 4.04. The van der Waals surface area contributed by atoms with E-state index in [4.69, 9.17) is 10.5 Å². The smallest absolute Gasteiger partial charge is 0.338 e. The van der Waals surface area contributed by atoms with E-state index in [9.17, 15) is 9.59 Å². The summed E-state index contributed by atoms with van der Waals surface area (Å²) in [5, 5.41) is 2.74. The van der Waals surface area contributed by atoms with Gasteiger partial charge in [-0.2, -0.15) is 0 Å². The molecule has 5 heteroatoms. The largest absolute Gasteiger partial charge is 0.452 e. The third kappa shape index (κ3) is 3.71. The maximum atomic E-state index is 11.8. The standard InChI is InChI=1S/C14H18N2O3/c1-9-11(3-2-4-12(9)15)14(18)19-8-13(17)16-7-10-5-6-10/h2-4,10H,5-8,15H2,1H3,(H,16,17). The van der Waals surface area contributed by atoms with Gasteiger partial charge in [-0.25, -0.2) is 4.79 Å². The highest BCUT2D eigenvalue weighted by Gasteiger charge is 2.22. The van der Waals surface area contributed by atoms with Gasteiger partial charge in [-0.3, -0.25) is 4.79 Å². The summed E-state index contributed by atoms with van der Waals surface area (Å²) in [5.74, 6) is -0.177. The van der Waals surface area contributed by atoms with E-state index in [2.05, 4.69) is 5.32 Å². The predicted molar refractivity (Wildman–Crippen MR) is 71.6 cm³/mol. The Morgan fingerprint density at radius 1 is 1.42 bits per heavy atom. The Bertz CT molecular complexity index is 495. The zero-order chi connectivity index (χ0) is 13.8. The highest BCUT2D eigenvalue weighted by Crippen LogP contribution is 2.27. The molecule has 1 saturated carbocycles. The van der Waals surface area contributed by atoms with Crippen molar-refractivity contribution in [1.82, 2.24) is 5.32 Å². The Labute approximate surface area is 112 Å². The zero-order valence-corrected chi connectivity index (χ0v) is 10.9. The van der Waals surface area contributed by atoms with Gasteiger partial charge in [0.2, 0.25) is 0 Å². The first-order chi connectivity index (χ1) is 9.08. The molecule has 1 aromatic rings. The van der Waals surface area contributed by atoms with Crippen LogP contribution in [0.25, 0.3) is 0 Å². The second-order valence-corrected chi connectivity index (χ2v) is 4.84. The SMILES string of the molecule is Cc1c(N)cccc1C(=O)OCC(=O)NCC1CC1. The first-order valence-electron chi connectivity index (χ1n) is 6.37. The first-order valence-corrected chi connectivity index (χ1v) is 6.37. The summed E-state index contributed by atoms with van der Waals surface area (Å²) in [6.07, 6.45) is 2.34. The van der Waals surface area contributed by atoms with E-state index >= 15 is 0 Å². The van der Waals surface area contributed by atoms with Crippen LogP contribution in [0.3, 0.4) is 0 Å². The molecule has 5 nitrogen and oxygen atoms in total. The van der Waals surface area contributed by atoms with Gasteiger partial charge < -0.3 is 15.8 Å². The third-order valence-electron chi connectivity index (χ3n) is 3.21. The number of nitrogens with one attached hydrogen (secondary N) is 1. The summed E-state index contributed by atoms with van der Waals surface area (Å²) in [6.45, 7) is 2.17. The van der Waals surface area contributed by atoms with E-state index in [1.54, 1.807) is 25.1 Å². The summed E-state index contributed by atoms with van der Waals surface area (Å²) >= 11 is 0. The molecule has 0 aromatic heterocycles. The van der Waals surface area contributed by atoms with Gasteiger partial charge in [-0.1, -0.05) is 6.07 Å². The minimum Gasteiger partial charge on any atom is -0.452 e. The molecule has 0 bridgehead atoms. The first kappa shape index (κ1) is 13.4. The number of ether oxygens (including phenoxy) is 1. The van der Waals surface area contributed by atoms with Crippen LogP contribution in [-0.2, 0) is 9.53 Å². The van der Waals surface area contributed by atoms with Crippen molar-refractivity contribution in [2.45, 2.75) is 19.8 Å². The zero-order valence-electron chi connectivity index (χ0n) is 10.9. The Morgan fingerprint density at radius 3 is 2.84 bits per heavy atom. The lowest BCUT2D eigenvalue weighted by Crippen LogP contribution is -2.30. The van der Waals surface area contributed by atoms with Gasteiger partial charge in [0.25, 0.3) is 5.91 Å². The fourth-order valence-electron chi connectivity index (χ4n) is 1.71. The number of nitrogen functional groups attached to an aromatic ring is 1. The Morgan fingerprint density at radius 2 is 2.16 bits per heavy atom. The molecule has 1 amide bonds. The lowest BCUT2D eigenvalue weighted by atomic mass is 10.1. The van der Waals surface area contributed by atoms with Crippen LogP contribution >= 0.6 is 0 Å². The van der Waals surface area contributed by atoms with Crippen LogP contribution in [0, 0.1) is 12.8 Å². The molecule has 0 saturated heterocycles. The second kappa shape index (κ2) is 5.73. The Hall–Kier alpha value is -2.04. The normalized spacial score (nSPS) is 13.9. The summed E-state index contributed by atoms with van der Waals surface area (Å²) in [5.41, 5.74) is 7.32. The number of nitrogens with two attached hydrogens (primary N) is 1. The topological polar surface area (TPSA) is 81.4 Å². The summed E-state index contributed by atoms with van der Waals surface area (Å²) < 4.78 is 4.97. The second-order valence-electron chi connectivity index (χ2n) is 4.84. The number of esters is 1. The minimum absolute atomic E-state index is 0.250. The molecular formula is C14H18N2O3. The van der Waals surface area contributed by atoms with Crippen LogP contribution in [-0.4, -0.2) is 25.0 Å². The lowest BCUT2D eigenvalue weighted by molar-refractivity contribution is -0.124. The van der Waals surface area contributed by atoms with Gasteiger partial charge >= 0.3 is 5.97 Å². The molecule has 1 fully saturated rings. The van der Waals surface area contributed by atoms with Crippen LogP contribution in [0.2, 0.25) is 0 Å². The van der Waals surface area contributed by atoms with Gasteiger partial charge in [-0.05, 0) is 43.4 Å². The lowest BCUT2D eigenvalue weighted by Gasteiger charge is -2.09. The maximum absolute atomic E-state index is 11.8. The monoisotopic (exact) mass is 262 g/mol. The van der Waals surface area contributed by atoms with Crippen LogP contribution in [0.1, 0.15) is 28.8 Å². The molecule has 0 aliphatic heterocycles. The molecule has 0 radical (unpaired) electrons. The number of amides is 1. The van der Waals surface area contributed by atoms with E-state index in [1.807, 2.05) is 0 Å². The average Bonchev–Trinajstić information content (AvgIpc) is 3.21. The summed E-state index contributed by atoms with van der Waals surface area (Å²) in [6, 6.07) is 5.04. The fourth-order valence-corrected chi connectivity index (χ4v) is 1.71. The van der Waals surface area contributed by atoms with Crippen LogP contribution in [0.15, 0.2) is 18.2 Å². The number of carbonyl (C=O) groups is 2. The van der Waals surface area contributed by atoms with Crippen LogP contribution < -0.4 is 11.1 Å². The van der Waals surface area contributed by atoms with Crippen molar-refractivity contribution in [2.24, 2.45) is 5.92 Å². The molecule has 1 aliphatic carbocycles. The molecule has 2 rings (SSSR count). The van der Waals surface area contributed by atoms with E-state index < -0.39 is 5.97 Å². The van der Waals surface area contributed by atoms with Gasteiger partial charge in [0.15, 0.2) is 6.61 Å². The van der Waals surface area contributed by atoms with Gasteiger partial charge in [0.05, 0.1) is 5.56 Å². The van der Waals surface area contributed by atoms with E-state index in [1.165, 1.54) is 12.8 Å². The van der Waals surface area contributed by atoms with E-state index in [0.717, 1.165) is 0 Å². The predicted octanol–water partition coefficient (Wildman–Crippen LogP) is 1.26. The number of rotatable bonds is 5. The molecule has 3 N–H and O–H groups in total. The average molecular weight is 262 g/mol. The molecule has 0 unspecified atom stereocenters. The quantitative estimate of drug-likeness (QED) is 0.618. The molecule has 0 heterocycles. The van der Waals surface area contributed by atoms with Crippen molar-refractivity contribution in [3.8, 4) is 0 Å². The number of benzene rings is 1. The van der Waals surface area contributed by atoms with Crippen molar-refractivity contribution in [2.75, 3.05) is 18.9 Å². The van der Waals surface area contributed by atoms with Crippen molar-refractivity contribution in [1.29, 1.82) is 0 Å². The Balaban J connectivity index is 1.82. The molecule has 1 aromatic carbocycles. The number of anilines is 1. The van der Waals surface area contributed by atoms with Gasteiger partial charge in [-0.15, -0.1) is 0 Å². The summed E-state index contributed by atoms with van der Waals surface area (Å²) in [7, 11) is 0. The molecule has 0 spiro atoms. The molecule has 0 atom stereocenters. The molecule has 1 aliphatic rings. The van der Waals surface area contributed by atoms with Crippen LogP contribution in [0.4, 0.5) is 5.69 Å². The molecule has 102 valence electrons. The fraction of sp³-hybridized carbons (Fsp3) is 0.429. The van der Waals surface area contributed by atoms with Gasteiger partial charge in [0, 0.05) is 12.2 Å². The van der Waals surface area contributed by atoms with Crippen molar-refractivity contribution in [3.05, 3.63) is 29.3 Å². The number of carbonyl (C=O) groups excluding carboxylic acids is 2. The third-order valence-corrected chi connectivity index (χ3v) is 3.21. The number of hydrogen-bond acceptors (Lipinski definition) is 4. The van der Waals surface area contributed by atoms with E-state index in [0.29, 0.717) is 29.3 Å². The van der Waals surface area contributed by atoms with Crippen molar-refractivity contribution < 1.29 is 14.3 Å². The maximum Gasteiger partial charge on any atom is 0.338 e. The highest BCUT2D eigenvalue weighted by molar-refractivity contribution is 5.94.